The Bertz CT molecular complexity index is 779. The summed E-state index contributed by atoms with van der Waals surface area (Å²) in [6.07, 6.45) is 5.18. The monoisotopic (exact) mass is 283 g/mol. The van der Waals surface area contributed by atoms with Gasteiger partial charge in [0.05, 0.1) is 17.3 Å². The second-order valence-electron chi connectivity index (χ2n) is 5.06. The molecule has 0 spiro atoms. The van der Waals surface area contributed by atoms with E-state index in [1.807, 2.05) is 11.0 Å². The highest BCUT2D eigenvalue weighted by molar-refractivity contribution is 5.96. The summed E-state index contributed by atoms with van der Waals surface area (Å²) in [5.74, 6) is -0.0375. The molecule has 0 aliphatic carbocycles. The smallest absolute Gasteiger partial charge is 0.256 e. The molecule has 0 aromatic carbocycles. The fourth-order valence-corrected chi connectivity index (χ4v) is 2.81. The molecule has 1 atom stereocenters. The van der Waals surface area contributed by atoms with Crippen LogP contribution in [0.4, 0.5) is 0 Å². The number of fused-ring (bicyclic) bond motifs is 1. The Balaban J connectivity index is 1.66. The molecular weight excluding hydrogens is 270 g/mol. The third-order valence-corrected chi connectivity index (χ3v) is 3.82. The van der Waals surface area contributed by atoms with Gasteiger partial charge in [0.1, 0.15) is 5.52 Å². The van der Waals surface area contributed by atoms with Crippen molar-refractivity contribution in [1.82, 2.24) is 35.5 Å². The molecule has 0 radical (unpaired) electrons. The Morgan fingerprint density at radius 3 is 3.19 bits per heavy atom. The standard InChI is InChI=1S/C13H13N7O/c21-13(8-6-10-12(14-7-8)18-19-17-10)20-5-1-2-11(20)9-3-4-15-16-9/h3-4,6-7,11H,1-2,5H2,(H,15,16)(H,14,17,18,19). The zero-order valence-electron chi connectivity index (χ0n) is 11.2. The largest absolute Gasteiger partial charge is 0.330 e. The summed E-state index contributed by atoms with van der Waals surface area (Å²) in [6, 6.07) is 3.68. The van der Waals surface area contributed by atoms with Gasteiger partial charge in [-0.3, -0.25) is 9.89 Å². The zero-order chi connectivity index (χ0) is 14.2. The maximum absolute atomic E-state index is 12.7. The fourth-order valence-electron chi connectivity index (χ4n) is 2.81. The average Bonchev–Trinajstić information content (AvgIpc) is 3.24. The van der Waals surface area contributed by atoms with Crippen molar-refractivity contribution >= 4 is 17.1 Å². The van der Waals surface area contributed by atoms with Gasteiger partial charge in [-0.25, -0.2) is 4.98 Å². The van der Waals surface area contributed by atoms with E-state index in [1.54, 1.807) is 18.5 Å². The summed E-state index contributed by atoms with van der Waals surface area (Å²) in [6.45, 7) is 0.735. The number of pyridine rings is 1. The molecule has 8 heteroatoms. The molecule has 4 heterocycles. The van der Waals surface area contributed by atoms with Crippen LogP contribution in [0.15, 0.2) is 24.5 Å². The van der Waals surface area contributed by atoms with Gasteiger partial charge in [0, 0.05) is 18.9 Å². The summed E-state index contributed by atoms with van der Waals surface area (Å²) in [5, 5.41) is 17.3. The molecule has 0 saturated carbocycles. The number of carbonyl (C=O) groups is 1. The maximum Gasteiger partial charge on any atom is 0.256 e. The first-order valence-electron chi connectivity index (χ1n) is 6.80. The number of aromatic amines is 2. The van der Waals surface area contributed by atoms with Crippen LogP contribution in [0.3, 0.4) is 0 Å². The van der Waals surface area contributed by atoms with E-state index in [9.17, 15) is 4.79 Å². The number of likely N-dealkylation sites (tertiary alicyclic amines) is 1. The van der Waals surface area contributed by atoms with Gasteiger partial charge in [-0.2, -0.15) is 15.4 Å². The van der Waals surface area contributed by atoms with Crippen LogP contribution >= 0.6 is 0 Å². The van der Waals surface area contributed by atoms with E-state index in [0.29, 0.717) is 16.7 Å². The quantitative estimate of drug-likeness (QED) is 0.731. The van der Waals surface area contributed by atoms with Crippen molar-refractivity contribution in [3.8, 4) is 0 Å². The molecule has 2 N–H and O–H groups in total. The van der Waals surface area contributed by atoms with Crippen molar-refractivity contribution in [3.05, 3.63) is 35.8 Å². The van der Waals surface area contributed by atoms with Crippen molar-refractivity contribution in [2.24, 2.45) is 0 Å². The van der Waals surface area contributed by atoms with Crippen molar-refractivity contribution in [1.29, 1.82) is 0 Å². The highest BCUT2D eigenvalue weighted by Crippen LogP contribution is 2.31. The molecule has 3 aromatic heterocycles. The van der Waals surface area contributed by atoms with E-state index in [4.69, 9.17) is 0 Å². The van der Waals surface area contributed by atoms with E-state index >= 15 is 0 Å². The van der Waals surface area contributed by atoms with Crippen molar-refractivity contribution in [2.45, 2.75) is 18.9 Å². The lowest BCUT2D eigenvalue weighted by Gasteiger charge is -2.23. The number of nitrogens with zero attached hydrogens (tertiary/aromatic N) is 5. The number of H-pyrrole nitrogens is 2. The zero-order valence-corrected chi connectivity index (χ0v) is 11.2. The van der Waals surface area contributed by atoms with E-state index in [2.05, 4.69) is 30.6 Å². The van der Waals surface area contributed by atoms with E-state index in [0.717, 1.165) is 25.1 Å². The molecule has 106 valence electrons. The third-order valence-electron chi connectivity index (χ3n) is 3.82. The van der Waals surface area contributed by atoms with Gasteiger partial charge in [-0.1, -0.05) is 0 Å². The van der Waals surface area contributed by atoms with Crippen molar-refractivity contribution in [3.63, 3.8) is 0 Å². The molecule has 1 aliphatic heterocycles. The van der Waals surface area contributed by atoms with Gasteiger partial charge in [-0.05, 0) is 25.0 Å². The molecule has 8 nitrogen and oxygen atoms in total. The third kappa shape index (κ3) is 1.95. The number of nitrogens with one attached hydrogen (secondary N) is 2. The lowest BCUT2D eigenvalue weighted by Crippen LogP contribution is -2.30. The van der Waals surface area contributed by atoms with E-state index in [-0.39, 0.29) is 11.9 Å². The van der Waals surface area contributed by atoms with Crippen LogP contribution < -0.4 is 0 Å². The van der Waals surface area contributed by atoms with Crippen LogP contribution in [0.5, 0.6) is 0 Å². The normalized spacial score (nSPS) is 18.5. The fraction of sp³-hybridized carbons (Fsp3) is 0.308. The van der Waals surface area contributed by atoms with Crippen LogP contribution in [0.25, 0.3) is 11.2 Å². The Kier molecular flexibility index (Phi) is 2.66. The molecule has 21 heavy (non-hydrogen) atoms. The molecule has 1 aliphatic rings. The molecule has 3 aromatic rings. The number of rotatable bonds is 2. The van der Waals surface area contributed by atoms with Crippen molar-refractivity contribution in [2.75, 3.05) is 6.54 Å². The maximum atomic E-state index is 12.7. The van der Waals surface area contributed by atoms with Gasteiger partial charge in [0.25, 0.3) is 5.91 Å². The molecule has 1 saturated heterocycles. The second-order valence-corrected chi connectivity index (χ2v) is 5.06. The van der Waals surface area contributed by atoms with Gasteiger partial charge in [-0.15, -0.1) is 5.10 Å². The first-order valence-corrected chi connectivity index (χ1v) is 6.80. The molecule has 1 fully saturated rings. The number of hydrogen-bond acceptors (Lipinski definition) is 5. The number of amides is 1. The predicted molar refractivity (Wildman–Crippen MR) is 73.3 cm³/mol. The molecule has 1 unspecified atom stereocenters. The molecular formula is C13H13N7O. The average molecular weight is 283 g/mol. The van der Waals surface area contributed by atoms with E-state index in [1.165, 1.54) is 0 Å². The minimum Gasteiger partial charge on any atom is -0.330 e. The van der Waals surface area contributed by atoms with Crippen LogP contribution in [0, 0.1) is 0 Å². The molecule has 0 bridgehead atoms. The van der Waals surface area contributed by atoms with Crippen LogP contribution in [-0.2, 0) is 0 Å². The van der Waals surface area contributed by atoms with Crippen LogP contribution in [0.1, 0.15) is 34.9 Å². The number of hydrogen-bond donors (Lipinski definition) is 2. The minimum absolute atomic E-state index is 0.0375. The summed E-state index contributed by atoms with van der Waals surface area (Å²) >= 11 is 0. The predicted octanol–water partition coefficient (Wildman–Crippen LogP) is 1.05. The Labute approximate surface area is 119 Å². The van der Waals surface area contributed by atoms with E-state index < -0.39 is 0 Å². The Morgan fingerprint density at radius 1 is 1.38 bits per heavy atom. The first kappa shape index (κ1) is 12.0. The lowest BCUT2D eigenvalue weighted by atomic mass is 10.1. The second kappa shape index (κ2) is 4.65. The Morgan fingerprint density at radius 2 is 2.33 bits per heavy atom. The molecule has 1 amide bonds. The van der Waals surface area contributed by atoms with Gasteiger partial charge in [0.2, 0.25) is 5.65 Å². The number of aromatic nitrogens is 6. The van der Waals surface area contributed by atoms with Gasteiger partial charge >= 0.3 is 0 Å². The van der Waals surface area contributed by atoms with Crippen molar-refractivity contribution < 1.29 is 4.79 Å². The summed E-state index contributed by atoms with van der Waals surface area (Å²) in [4.78, 5) is 18.7. The number of carbonyl (C=O) groups excluding carboxylic acids is 1. The highest BCUT2D eigenvalue weighted by Gasteiger charge is 2.31. The highest BCUT2D eigenvalue weighted by atomic mass is 16.2. The van der Waals surface area contributed by atoms with Gasteiger partial charge < -0.3 is 4.90 Å². The molecule has 4 rings (SSSR count). The van der Waals surface area contributed by atoms with Gasteiger partial charge in [0.15, 0.2) is 0 Å². The topological polar surface area (TPSA) is 103 Å². The first-order chi connectivity index (χ1) is 10.3. The lowest BCUT2D eigenvalue weighted by molar-refractivity contribution is 0.0732. The van der Waals surface area contributed by atoms with Crippen LogP contribution in [0.2, 0.25) is 0 Å². The Hall–Kier alpha value is -2.77. The minimum atomic E-state index is -0.0375. The summed E-state index contributed by atoms with van der Waals surface area (Å²) in [5.41, 5.74) is 2.61. The summed E-state index contributed by atoms with van der Waals surface area (Å²) < 4.78 is 0. The SMILES string of the molecule is O=C(c1cnc2n[nH]nc2c1)N1CCCC1c1ccn[nH]1. The summed E-state index contributed by atoms with van der Waals surface area (Å²) in [7, 11) is 0. The van der Waals surface area contributed by atoms with Crippen LogP contribution in [-0.4, -0.2) is 47.9 Å².